The zero-order chi connectivity index (χ0) is 12.6. The fraction of sp³-hybridized carbons (Fsp3) is 0.385. The van der Waals surface area contributed by atoms with Crippen LogP contribution in [0.4, 0.5) is 0 Å². The molecule has 1 aromatic carbocycles. The molecular formula is C13H18O3. The monoisotopic (exact) mass is 222 g/mol. The van der Waals surface area contributed by atoms with E-state index in [4.69, 9.17) is 4.74 Å². The van der Waals surface area contributed by atoms with Crippen molar-refractivity contribution in [2.24, 2.45) is 0 Å². The fourth-order valence-corrected chi connectivity index (χ4v) is 1.18. The maximum Gasteiger partial charge on any atom is 0.303 e. The van der Waals surface area contributed by atoms with E-state index in [-0.39, 0.29) is 5.78 Å². The van der Waals surface area contributed by atoms with Gasteiger partial charge in [-0.3, -0.25) is 9.59 Å². The van der Waals surface area contributed by atoms with Crippen molar-refractivity contribution < 1.29 is 14.3 Å². The summed E-state index contributed by atoms with van der Waals surface area (Å²) in [5, 5.41) is 0. The molecule has 88 valence electrons. The van der Waals surface area contributed by atoms with Crippen molar-refractivity contribution in [3.63, 3.8) is 0 Å². The van der Waals surface area contributed by atoms with Gasteiger partial charge in [-0.2, -0.15) is 0 Å². The van der Waals surface area contributed by atoms with Gasteiger partial charge in [-0.1, -0.05) is 44.2 Å². The second-order valence-corrected chi connectivity index (χ2v) is 3.01. The summed E-state index contributed by atoms with van der Waals surface area (Å²) in [6.45, 7) is 6.69. The summed E-state index contributed by atoms with van der Waals surface area (Å²) in [5.74, 6) is -0.625. The van der Waals surface area contributed by atoms with Crippen molar-refractivity contribution in [3.05, 3.63) is 35.9 Å². The molecule has 0 aliphatic rings. The molecule has 0 spiro atoms. The van der Waals surface area contributed by atoms with Crippen LogP contribution >= 0.6 is 0 Å². The lowest BCUT2D eigenvalue weighted by Crippen LogP contribution is -2.15. The minimum atomic E-state index is -0.770. The molecule has 0 aliphatic carbocycles. The van der Waals surface area contributed by atoms with Crippen molar-refractivity contribution in [1.29, 1.82) is 0 Å². The van der Waals surface area contributed by atoms with Gasteiger partial charge in [0.25, 0.3) is 0 Å². The van der Waals surface area contributed by atoms with Crippen LogP contribution in [0.5, 0.6) is 0 Å². The van der Waals surface area contributed by atoms with Crippen molar-refractivity contribution in [2.45, 2.75) is 33.8 Å². The zero-order valence-electron chi connectivity index (χ0n) is 10.2. The summed E-state index contributed by atoms with van der Waals surface area (Å²) < 4.78 is 4.91. The van der Waals surface area contributed by atoms with Crippen LogP contribution < -0.4 is 0 Å². The molecular weight excluding hydrogens is 204 g/mol. The fourth-order valence-electron chi connectivity index (χ4n) is 1.18. The third-order valence-electron chi connectivity index (χ3n) is 1.76. The van der Waals surface area contributed by atoms with Gasteiger partial charge >= 0.3 is 5.97 Å². The lowest BCUT2D eigenvalue weighted by molar-refractivity contribution is -0.152. The van der Waals surface area contributed by atoms with Gasteiger partial charge in [0.1, 0.15) is 0 Å². The van der Waals surface area contributed by atoms with Gasteiger partial charge in [-0.15, -0.1) is 0 Å². The Bertz CT molecular complexity index is 330. The summed E-state index contributed by atoms with van der Waals surface area (Å²) in [7, 11) is 0. The summed E-state index contributed by atoms with van der Waals surface area (Å²) in [6, 6.07) is 8.96. The number of hydrogen-bond donors (Lipinski definition) is 0. The second-order valence-electron chi connectivity index (χ2n) is 3.01. The van der Waals surface area contributed by atoms with Crippen molar-refractivity contribution in [1.82, 2.24) is 0 Å². The van der Waals surface area contributed by atoms with Crippen LogP contribution in [0.3, 0.4) is 0 Å². The highest BCUT2D eigenvalue weighted by Gasteiger charge is 2.18. The van der Waals surface area contributed by atoms with Gasteiger partial charge in [0.15, 0.2) is 11.9 Å². The maximum atomic E-state index is 11.2. The smallest absolute Gasteiger partial charge is 0.303 e. The Morgan fingerprint density at radius 3 is 1.94 bits per heavy atom. The van der Waals surface area contributed by atoms with E-state index < -0.39 is 12.1 Å². The van der Waals surface area contributed by atoms with Crippen LogP contribution in [0.15, 0.2) is 30.3 Å². The van der Waals surface area contributed by atoms with Gasteiger partial charge in [0, 0.05) is 6.92 Å². The molecule has 3 nitrogen and oxygen atoms in total. The molecule has 0 aromatic heterocycles. The topological polar surface area (TPSA) is 43.4 Å². The second kappa shape index (κ2) is 7.63. The first-order valence-electron chi connectivity index (χ1n) is 5.34. The maximum absolute atomic E-state index is 11.2. The molecule has 0 bridgehead atoms. The first kappa shape index (κ1) is 14.4. The Morgan fingerprint density at radius 2 is 1.56 bits per heavy atom. The number of carbonyl (C=O) groups is 2. The number of Topliss-reactive ketones (excluding diaryl/α,β-unsaturated/α-hetero) is 1. The molecule has 0 saturated heterocycles. The molecule has 0 amide bonds. The number of ketones is 1. The summed E-state index contributed by atoms with van der Waals surface area (Å²) in [5.41, 5.74) is 0.704. The van der Waals surface area contributed by atoms with Crippen molar-refractivity contribution >= 4 is 11.8 Å². The average molecular weight is 222 g/mol. The molecule has 0 heterocycles. The normalized spacial score (nSPS) is 10.8. The number of carbonyl (C=O) groups excluding carboxylic acids is 2. The summed E-state index contributed by atoms with van der Waals surface area (Å²) in [4.78, 5) is 22.0. The standard InChI is InChI=1S/C11H12O3.C2H6/c1-8(12)11(14-9(2)13)10-6-4-3-5-7-10;1-2/h3-7,11H,1-2H3;1-2H3. The highest BCUT2D eigenvalue weighted by Crippen LogP contribution is 2.17. The van der Waals surface area contributed by atoms with Gasteiger partial charge in [0.05, 0.1) is 0 Å². The minimum absolute atomic E-state index is 0.175. The highest BCUT2D eigenvalue weighted by molar-refractivity contribution is 5.84. The van der Waals surface area contributed by atoms with E-state index >= 15 is 0 Å². The molecule has 3 heteroatoms. The van der Waals surface area contributed by atoms with Crippen LogP contribution in [0.2, 0.25) is 0 Å². The first-order chi connectivity index (χ1) is 7.61. The van der Waals surface area contributed by atoms with E-state index in [0.717, 1.165) is 0 Å². The van der Waals surface area contributed by atoms with Crippen LogP contribution in [0.1, 0.15) is 39.4 Å². The number of esters is 1. The lowest BCUT2D eigenvalue weighted by Gasteiger charge is -2.13. The van der Waals surface area contributed by atoms with Crippen molar-refractivity contribution in [2.75, 3.05) is 0 Å². The van der Waals surface area contributed by atoms with Crippen molar-refractivity contribution in [3.8, 4) is 0 Å². The lowest BCUT2D eigenvalue weighted by atomic mass is 10.1. The van der Waals surface area contributed by atoms with E-state index in [1.54, 1.807) is 24.3 Å². The van der Waals surface area contributed by atoms with Crippen LogP contribution in [0.25, 0.3) is 0 Å². The molecule has 0 saturated carbocycles. The quantitative estimate of drug-likeness (QED) is 0.738. The average Bonchev–Trinajstić information content (AvgIpc) is 2.29. The largest absolute Gasteiger partial charge is 0.450 e. The van der Waals surface area contributed by atoms with Gasteiger partial charge in [0.2, 0.25) is 0 Å². The van der Waals surface area contributed by atoms with E-state index in [1.807, 2.05) is 19.9 Å². The third kappa shape index (κ3) is 4.73. The van der Waals surface area contributed by atoms with Crippen LogP contribution in [-0.2, 0) is 14.3 Å². The molecule has 1 rings (SSSR count). The van der Waals surface area contributed by atoms with E-state index in [1.165, 1.54) is 13.8 Å². The van der Waals surface area contributed by atoms with E-state index in [0.29, 0.717) is 5.56 Å². The van der Waals surface area contributed by atoms with Crippen LogP contribution in [0, 0.1) is 0 Å². The van der Waals surface area contributed by atoms with Crippen LogP contribution in [-0.4, -0.2) is 11.8 Å². The Balaban J connectivity index is 0.00000106. The Labute approximate surface area is 96.4 Å². The molecule has 16 heavy (non-hydrogen) atoms. The first-order valence-corrected chi connectivity index (χ1v) is 5.34. The predicted octanol–water partition coefficient (Wildman–Crippen LogP) is 2.91. The molecule has 0 radical (unpaired) electrons. The number of ether oxygens (including phenoxy) is 1. The molecule has 0 fully saturated rings. The molecule has 1 atom stereocenters. The SMILES string of the molecule is CC.CC(=O)OC(C(C)=O)c1ccccc1. The molecule has 0 N–H and O–H groups in total. The molecule has 0 aliphatic heterocycles. The molecule has 1 aromatic rings. The van der Waals surface area contributed by atoms with Gasteiger partial charge < -0.3 is 4.74 Å². The molecule has 1 unspecified atom stereocenters. The summed E-state index contributed by atoms with van der Waals surface area (Å²) in [6.07, 6.45) is -0.770. The van der Waals surface area contributed by atoms with E-state index in [2.05, 4.69) is 0 Å². The number of benzene rings is 1. The van der Waals surface area contributed by atoms with Gasteiger partial charge in [-0.25, -0.2) is 0 Å². The summed E-state index contributed by atoms with van der Waals surface area (Å²) >= 11 is 0. The highest BCUT2D eigenvalue weighted by atomic mass is 16.5. The Morgan fingerprint density at radius 1 is 1.06 bits per heavy atom. The zero-order valence-corrected chi connectivity index (χ0v) is 10.2. The number of hydrogen-bond acceptors (Lipinski definition) is 3. The number of rotatable bonds is 3. The predicted molar refractivity (Wildman–Crippen MR) is 63.0 cm³/mol. The van der Waals surface area contributed by atoms with Gasteiger partial charge in [-0.05, 0) is 12.5 Å². The Kier molecular flexibility index (Phi) is 6.84. The minimum Gasteiger partial charge on any atom is -0.450 e. The Hall–Kier alpha value is -1.64. The third-order valence-corrected chi connectivity index (χ3v) is 1.76. The van der Waals surface area contributed by atoms with E-state index in [9.17, 15) is 9.59 Å².